The van der Waals surface area contributed by atoms with E-state index in [1.165, 1.54) is 12.0 Å². The van der Waals surface area contributed by atoms with Crippen molar-refractivity contribution >= 4 is 5.97 Å². The number of benzene rings is 1. The van der Waals surface area contributed by atoms with E-state index in [4.69, 9.17) is 5.11 Å². The quantitative estimate of drug-likeness (QED) is 0.758. The smallest absolute Gasteiger partial charge is 0.303 e. The molecule has 0 aliphatic heterocycles. The molecule has 0 spiro atoms. The third-order valence-electron chi connectivity index (χ3n) is 2.88. The molecule has 0 heterocycles. The molecule has 1 aromatic carbocycles. The minimum absolute atomic E-state index is 0.267. The molecule has 0 saturated carbocycles. The molecule has 2 heteroatoms. The number of aliphatic carboxylic acids is 1. The second-order valence-corrected chi connectivity index (χ2v) is 4.18. The Morgan fingerprint density at radius 1 is 1.25 bits per heavy atom. The van der Waals surface area contributed by atoms with E-state index in [-0.39, 0.29) is 6.42 Å². The fourth-order valence-electron chi connectivity index (χ4n) is 1.95. The van der Waals surface area contributed by atoms with Gasteiger partial charge >= 0.3 is 5.97 Å². The van der Waals surface area contributed by atoms with Crippen LogP contribution in [0.5, 0.6) is 0 Å². The molecule has 1 atom stereocenters. The van der Waals surface area contributed by atoms with Crippen molar-refractivity contribution in [2.45, 2.75) is 44.9 Å². The number of hydrogen-bond donors (Lipinski definition) is 1. The summed E-state index contributed by atoms with van der Waals surface area (Å²) < 4.78 is 0. The zero-order valence-corrected chi connectivity index (χ0v) is 9.86. The van der Waals surface area contributed by atoms with Crippen LogP contribution >= 0.6 is 0 Å². The van der Waals surface area contributed by atoms with Crippen LogP contribution in [0.3, 0.4) is 0 Å². The zero-order valence-electron chi connectivity index (χ0n) is 9.86. The molecule has 1 unspecified atom stereocenters. The van der Waals surface area contributed by atoms with Gasteiger partial charge in [-0.3, -0.25) is 4.79 Å². The van der Waals surface area contributed by atoms with Gasteiger partial charge in [0.15, 0.2) is 0 Å². The van der Waals surface area contributed by atoms with Crippen LogP contribution in [0.1, 0.15) is 50.5 Å². The van der Waals surface area contributed by atoms with Gasteiger partial charge < -0.3 is 5.11 Å². The number of hydrogen-bond acceptors (Lipinski definition) is 1. The van der Waals surface area contributed by atoms with E-state index in [0.29, 0.717) is 5.92 Å². The van der Waals surface area contributed by atoms with Crippen molar-refractivity contribution < 1.29 is 9.90 Å². The molecule has 88 valence electrons. The van der Waals surface area contributed by atoms with Crippen LogP contribution in [0.4, 0.5) is 0 Å². The molecule has 0 aromatic heterocycles. The summed E-state index contributed by atoms with van der Waals surface area (Å²) in [6, 6.07) is 10.2. The monoisotopic (exact) mass is 220 g/mol. The van der Waals surface area contributed by atoms with E-state index >= 15 is 0 Å². The highest BCUT2D eigenvalue weighted by Crippen LogP contribution is 2.26. The number of carbonyl (C=O) groups is 1. The second kappa shape index (κ2) is 7.04. The third-order valence-corrected chi connectivity index (χ3v) is 2.88. The van der Waals surface area contributed by atoms with Gasteiger partial charge in [-0.05, 0) is 24.3 Å². The molecule has 1 rings (SSSR count). The van der Waals surface area contributed by atoms with Crippen LogP contribution in [-0.2, 0) is 4.79 Å². The highest BCUT2D eigenvalue weighted by molar-refractivity contribution is 5.66. The van der Waals surface area contributed by atoms with Gasteiger partial charge in [-0.15, -0.1) is 0 Å². The van der Waals surface area contributed by atoms with E-state index in [1.54, 1.807) is 0 Å². The van der Waals surface area contributed by atoms with E-state index in [9.17, 15) is 4.79 Å². The molecular weight excluding hydrogens is 200 g/mol. The Labute approximate surface area is 97.3 Å². The van der Waals surface area contributed by atoms with Gasteiger partial charge in [0.05, 0.1) is 0 Å². The number of carboxylic acids is 1. The maximum Gasteiger partial charge on any atom is 0.303 e. The summed E-state index contributed by atoms with van der Waals surface area (Å²) >= 11 is 0. The topological polar surface area (TPSA) is 37.3 Å². The molecule has 0 amide bonds. The van der Waals surface area contributed by atoms with E-state index < -0.39 is 5.97 Å². The molecule has 1 aromatic rings. The van der Waals surface area contributed by atoms with Crippen molar-refractivity contribution in [2.24, 2.45) is 0 Å². The maximum atomic E-state index is 10.6. The summed E-state index contributed by atoms with van der Waals surface area (Å²) in [7, 11) is 0. The van der Waals surface area contributed by atoms with Crippen LogP contribution in [0.15, 0.2) is 30.3 Å². The summed E-state index contributed by atoms with van der Waals surface area (Å²) in [5.41, 5.74) is 1.28. The Kier molecular flexibility index (Phi) is 5.62. The molecule has 0 aliphatic carbocycles. The highest BCUT2D eigenvalue weighted by Gasteiger charge is 2.12. The van der Waals surface area contributed by atoms with E-state index in [1.807, 2.05) is 18.2 Å². The Balaban J connectivity index is 2.59. The van der Waals surface area contributed by atoms with Crippen LogP contribution in [0, 0.1) is 0 Å². The van der Waals surface area contributed by atoms with Crippen LogP contribution in [-0.4, -0.2) is 11.1 Å². The summed E-state index contributed by atoms with van der Waals surface area (Å²) in [6.07, 6.45) is 4.44. The number of unbranched alkanes of at least 4 members (excludes halogenated alkanes) is 1. The van der Waals surface area contributed by atoms with Gasteiger partial charge in [-0.25, -0.2) is 0 Å². The summed E-state index contributed by atoms with van der Waals surface area (Å²) in [4.78, 5) is 10.6. The molecular formula is C14H20O2. The fourth-order valence-corrected chi connectivity index (χ4v) is 1.95. The van der Waals surface area contributed by atoms with Gasteiger partial charge in [0.2, 0.25) is 0 Å². The Morgan fingerprint density at radius 2 is 1.94 bits per heavy atom. The van der Waals surface area contributed by atoms with Crippen LogP contribution < -0.4 is 0 Å². The van der Waals surface area contributed by atoms with Crippen molar-refractivity contribution in [1.82, 2.24) is 0 Å². The van der Waals surface area contributed by atoms with E-state index in [2.05, 4.69) is 19.1 Å². The van der Waals surface area contributed by atoms with Crippen molar-refractivity contribution in [3.63, 3.8) is 0 Å². The molecule has 0 radical (unpaired) electrons. The molecule has 1 N–H and O–H groups in total. The number of rotatable bonds is 7. The number of carboxylic acid groups (broad SMARTS) is 1. The molecule has 0 fully saturated rings. The minimum atomic E-state index is -0.697. The Bertz CT molecular complexity index is 306. The minimum Gasteiger partial charge on any atom is -0.481 e. The van der Waals surface area contributed by atoms with Crippen molar-refractivity contribution in [3.8, 4) is 0 Å². The average molecular weight is 220 g/mol. The first-order valence-electron chi connectivity index (χ1n) is 6.00. The lowest BCUT2D eigenvalue weighted by Crippen LogP contribution is -2.03. The van der Waals surface area contributed by atoms with Gasteiger partial charge in [-0.2, -0.15) is 0 Å². The predicted octanol–water partition coefficient (Wildman–Crippen LogP) is 3.83. The van der Waals surface area contributed by atoms with Crippen molar-refractivity contribution in [2.75, 3.05) is 0 Å². The van der Waals surface area contributed by atoms with Gasteiger partial charge in [0, 0.05) is 6.42 Å². The molecule has 16 heavy (non-hydrogen) atoms. The zero-order chi connectivity index (χ0) is 11.8. The Morgan fingerprint density at radius 3 is 2.50 bits per heavy atom. The van der Waals surface area contributed by atoms with Gasteiger partial charge in [0.1, 0.15) is 0 Å². The Hall–Kier alpha value is -1.31. The average Bonchev–Trinajstić information content (AvgIpc) is 2.30. The summed E-state index contributed by atoms with van der Waals surface area (Å²) in [5, 5.41) is 8.73. The van der Waals surface area contributed by atoms with Crippen molar-refractivity contribution in [3.05, 3.63) is 35.9 Å². The normalized spacial score (nSPS) is 12.3. The largest absolute Gasteiger partial charge is 0.481 e. The SMILES string of the molecule is CCCCC(CCC(=O)O)c1ccccc1. The van der Waals surface area contributed by atoms with Gasteiger partial charge in [-0.1, -0.05) is 50.1 Å². The van der Waals surface area contributed by atoms with Gasteiger partial charge in [0.25, 0.3) is 0 Å². The molecule has 0 bridgehead atoms. The van der Waals surface area contributed by atoms with Crippen LogP contribution in [0.2, 0.25) is 0 Å². The lowest BCUT2D eigenvalue weighted by atomic mass is 9.89. The highest BCUT2D eigenvalue weighted by atomic mass is 16.4. The lowest BCUT2D eigenvalue weighted by molar-refractivity contribution is -0.137. The summed E-state index contributed by atoms with van der Waals surface area (Å²) in [6.45, 7) is 2.17. The molecule has 0 saturated heterocycles. The predicted molar refractivity (Wildman–Crippen MR) is 65.6 cm³/mol. The first-order valence-corrected chi connectivity index (χ1v) is 6.00. The fraction of sp³-hybridized carbons (Fsp3) is 0.500. The molecule has 0 aliphatic rings. The standard InChI is InChI=1S/C14H20O2/c1-2-3-7-13(10-11-14(15)16)12-8-5-4-6-9-12/h4-6,8-9,13H,2-3,7,10-11H2,1H3,(H,15,16). The first-order chi connectivity index (χ1) is 7.74. The first kappa shape index (κ1) is 12.8. The van der Waals surface area contributed by atoms with Crippen LogP contribution in [0.25, 0.3) is 0 Å². The maximum absolute atomic E-state index is 10.6. The molecule has 2 nitrogen and oxygen atoms in total. The lowest BCUT2D eigenvalue weighted by Gasteiger charge is -2.15. The third kappa shape index (κ3) is 4.47. The second-order valence-electron chi connectivity index (χ2n) is 4.18. The van der Waals surface area contributed by atoms with E-state index in [0.717, 1.165) is 19.3 Å². The summed E-state index contributed by atoms with van der Waals surface area (Å²) in [5.74, 6) is -0.297. The van der Waals surface area contributed by atoms with Crippen molar-refractivity contribution in [1.29, 1.82) is 0 Å².